The fraction of sp³-hybridized carbons (Fsp3) is 0.238. The monoisotopic (exact) mass is 425 g/mol. The largest absolute Gasteiger partial charge is 0.338 e. The summed E-state index contributed by atoms with van der Waals surface area (Å²) >= 11 is 7.77. The highest BCUT2D eigenvalue weighted by Gasteiger charge is 2.15. The number of hydrogen-bond donors (Lipinski definition) is 0. The fourth-order valence-corrected chi connectivity index (χ4v) is 3.86. The van der Waals surface area contributed by atoms with Gasteiger partial charge < -0.3 is 9.09 Å². The van der Waals surface area contributed by atoms with Crippen LogP contribution in [0.5, 0.6) is 0 Å². The van der Waals surface area contributed by atoms with Gasteiger partial charge in [0.05, 0.1) is 10.8 Å². The molecule has 4 rings (SSSR count). The standard InChI is InChI=1S/C21H20ClN5OS/c1-13(2)14-8-10-15(11-9-14)19-23-18(28-26-19)12-29-21-25-24-20(27(21)3)16-6-4-5-7-17(16)22/h4-11,13H,12H2,1-3H3. The van der Waals surface area contributed by atoms with Gasteiger partial charge in [0.25, 0.3) is 0 Å². The van der Waals surface area contributed by atoms with Gasteiger partial charge in [-0.3, -0.25) is 0 Å². The van der Waals surface area contributed by atoms with Crippen LogP contribution >= 0.6 is 23.4 Å². The van der Waals surface area contributed by atoms with E-state index in [2.05, 4.69) is 46.3 Å². The Bertz CT molecular complexity index is 1120. The van der Waals surface area contributed by atoms with E-state index in [1.807, 2.05) is 48.0 Å². The first-order chi connectivity index (χ1) is 14.0. The van der Waals surface area contributed by atoms with Crippen LogP contribution in [-0.4, -0.2) is 24.9 Å². The summed E-state index contributed by atoms with van der Waals surface area (Å²) in [5.74, 6) is 2.84. The number of benzene rings is 2. The molecule has 0 aliphatic carbocycles. The molecule has 0 saturated heterocycles. The summed E-state index contributed by atoms with van der Waals surface area (Å²) < 4.78 is 7.32. The van der Waals surface area contributed by atoms with Crippen molar-refractivity contribution >= 4 is 23.4 Å². The number of hydrogen-bond acceptors (Lipinski definition) is 6. The summed E-state index contributed by atoms with van der Waals surface area (Å²) in [6.07, 6.45) is 0. The van der Waals surface area contributed by atoms with Crippen LogP contribution in [0.25, 0.3) is 22.8 Å². The molecule has 0 fully saturated rings. The molecule has 2 aromatic carbocycles. The first kappa shape index (κ1) is 19.7. The van der Waals surface area contributed by atoms with Gasteiger partial charge in [-0.2, -0.15) is 4.98 Å². The molecule has 0 unspecified atom stereocenters. The lowest BCUT2D eigenvalue weighted by molar-refractivity contribution is 0.391. The number of rotatable bonds is 6. The van der Waals surface area contributed by atoms with Gasteiger partial charge >= 0.3 is 0 Å². The lowest BCUT2D eigenvalue weighted by atomic mass is 10.0. The Morgan fingerprint density at radius 2 is 1.83 bits per heavy atom. The molecular formula is C21H20ClN5OS. The van der Waals surface area contributed by atoms with Gasteiger partial charge in [0.2, 0.25) is 11.7 Å². The summed E-state index contributed by atoms with van der Waals surface area (Å²) in [6.45, 7) is 4.34. The third kappa shape index (κ3) is 4.21. The molecule has 0 atom stereocenters. The quantitative estimate of drug-likeness (QED) is 0.374. The van der Waals surface area contributed by atoms with Crippen molar-refractivity contribution in [3.05, 3.63) is 65.0 Å². The lowest BCUT2D eigenvalue weighted by Gasteiger charge is -2.04. The molecule has 29 heavy (non-hydrogen) atoms. The highest BCUT2D eigenvalue weighted by Crippen LogP contribution is 2.29. The van der Waals surface area contributed by atoms with Crippen molar-refractivity contribution < 1.29 is 4.52 Å². The van der Waals surface area contributed by atoms with Gasteiger partial charge in [-0.15, -0.1) is 10.2 Å². The van der Waals surface area contributed by atoms with Crippen molar-refractivity contribution in [1.29, 1.82) is 0 Å². The van der Waals surface area contributed by atoms with Crippen LogP contribution in [0.3, 0.4) is 0 Å². The van der Waals surface area contributed by atoms with Crippen LogP contribution in [0.15, 0.2) is 58.2 Å². The molecule has 2 heterocycles. The Kier molecular flexibility index (Phi) is 5.69. The van der Waals surface area contributed by atoms with Gasteiger partial charge in [-0.25, -0.2) is 0 Å². The van der Waals surface area contributed by atoms with Crippen molar-refractivity contribution in [3.63, 3.8) is 0 Å². The van der Waals surface area contributed by atoms with Crippen LogP contribution in [0.1, 0.15) is 31.2 Å². The molecule has 0 radical (unpaired) electrons. The maximum absolute atomic E-state index is 6.28. The smallest absolute Gasteiger partial charge is 0.237 e. The van der Waals surface area contributed by atoms with Crippen molar-refractivity contribution in [3.8, 4) is 22.8 Å². The average Bonchev–Trinajstić information content (AvgIpc) is 3.34. The second-order valence-electron chi connectivity index (χ2n) is 6.92. The predicted octanol–water partition coefficient (Wildman–Crippen LogP) is 5.60. The molecule has 8 heteroatoms. The van der Waals surface area contributed by atoms with Gasteiger partial charge in [0.1, 0.15) is 0 Å². The zero-order valence-corrected chi connectivity index (χ0v) is 17.9. The third-order valence-corrected chi connectivity index (χ3v) is 5.91. The van der Waals surface area contributed by atoms with E-state index < -0.39 is 0 Å². The zero-order chi connectivity index (χ0) is 20.4. The molecule has 2 aromatic heterocycles. The van der Waals surface area contributed by atoms with E-state index in [9.17, 15) is 0 Å². The summed E-state index contributed by atoms with van der Waals surface area (Å²) in [5.41, 5.74) is 3.07. The molecule has 4 aromatic rings. The Morgan fingerprint density at radius 1 is 1.07 bits per heavy atom. The molecule has 148 valence electrons. The summed E-state index contributed by atoms with van der Waals surface area (Å²) in [5, 5.41) is 14.0. The Morgan fingerprint density at radius 3 is 2.55 bits per heavy atom. The highest BCUT2D eigenvalue weighted by molar-refractivity contribution is 7.98. The first-order valence-corrected chi connectivity index (χ1v) is 10.6. The highest BCUT2D eigenvalue weighted by atomic mass is 35.5. The number of halogens is 1. The van der Waals surface area contributed by atoms with E-state index in [4.69, 9.17) is 16.1 Å². The zero-order valence-electron chi connectivity index (χ0n) is 16.3. The molecule has 0 spiro atoms. The van der Waals surface area contributed by atoms with E-state index in [0.29, 0.717) is 28.4 Å². The van der Waals surface area contributed by atoms with Gasteiger partial charge in [-0.05, 0) is 23.6 Å². The average molecular weight is 426 g/mol. The molecule has 0 saturated carbocycles. The van der Waals surface area contributed by atoms with Crippen molar-refractivity contribution in [2.24, 2.45) is 7.05 Å². The summed E-state index contributed by atoms with van der Waals surface area (Å²) in [7, 11) is 1.91. The molecule has 0 aliphatic rings. The molecule has 0 bridgehead atoms. The number of aromatic nitrogens is 5. The minimum atomic E-state index is 0.489. The predicted molar refractivity (Wildman–Crippen MR) is 115 cm³/mol. The van der Waals surface area contributed by atoms with E-state index in [0.717, 1.165) is 22.1 Å². The molecule has 0 N–H and O–H groups in total. The van der Waals surface area contributed by atoms with E-state index in [1.54, 1.807) is 0 Å². The second kappa shape index (κ2) is 8.39. The summed E-state index contributed by atoms with van der Waals surface area (Å²) in [4.78, 5) is 4.50. The van der Waals surface area contributed by atoms with Crippen LogP contribution < -0.4 is 0 Å². The normalized spacial score (nSPS) is 11.3. The van der Waals surface area contributed by atoms with E-state index >= 15 is 0 Å². The lowest BCUT2D eigenvalue weighted by Crippen LogP contribution is -1.95. The third-order valence-electron chi connectivity index (χ3n) is 4.58. The van der Waals surface area contributed by atoms with Crippen molar-refractivity contribution in [2.45, 2.75) is 30.7 Å². The molecule has 0 amide bonds. The second-order valence-corrected chi connectivity index (χ2v) is 8.27. The minimum Gasteiger partial charge on any atom is -0.338 e. The Hall–Kier alpha value is -2.64. The van der Waals surface area contributed by atoms with Gasteiger partial charge in [0, 0.05) is 18.2 Å². The van der Waals surface area contributed by atoms with Crippen molar-refractivity contribution in [1.82, 2.24) is 24.9 Å². The topological polar surface area (TPSA) is 69.6 Å². The van der Waals surface area contributed by atoms with Crippen LogP contribution in [0.2, 0.25) is 5.02 Å². The van der Waals surface area contributed by atoms with Crippen molar-refractivity contribution in [2.75, 3.05) is 0 Å². The summed E-state index contributed by atoms with van der Waals surface area (Å²) in [6, 6.07) is 15.8. The molecule has 0 aliphatic heterocycles. The van der Waals surface area contributed by atoms with Gasteiger partial charge in [0.15, 0.2) is 11.0 Å². The van der Waals surface area contributed by atoms with E-state index in [1.165, 1.54) is 17.3 Å². The van der Waals surface area contributed by atoms with Crippen LogP contribution in [-0.2, 0) is 12.8 Å². The minimum absolute atomic E-state index is 0.489. The maximum atomic E-state index is 6.28. The number of nitrogens with zero attached hydrogens (tertiary/aromatic N) is 5. The van der Waals surface area contributed by atoms with Crippen LogP contribution in [0.4, 0.5) is 0 Å². The number of thioether (sulfide) groups is 1. The van der Waals surface area contributed by atoms with Crippen LogP contribution in [0, 0.1) is 0 Å². The van der Waals surface area contributed by atoms with Gasteiger partial charge in [-0.1, -0.05) is 78.8 Å². The SMILES string of the molecule is CC(C)c1ccc(-c2noc(CSc3nnc(-c4ccccc4Cl)n3C)n2)cc1. The maximum Gasteiger partial charge on any atom is 0.237 e. The molecule has 6 nitrogen and oxygen atoms in total. The molecular weight excluding hydrogens is 406 g/mol. The first-order valence-electron chi connectivity index (χ1n) is 9.23. The Labute approximate surface area is 178 Å². The van der Waals surface area contributed by atoms with E-state index in [-0.39, 0.29) is 0 Å². The fourth-order valence-electron chi connectivity index (χ4n) is 2.89. The Balaban J connectivity index is 1.46.